The number of benzene rings is 2. The van der Waals surface area contributed by atoms with E-state index in [4.69, 9.17) is 4.74 Å². The van der Waals surface area contributed by atoms with E-state index >= 15 is 0 Å². The lowest BCUT2D eigenvalue weighted by molar-refractivity contribution is -0.133. The summed E-state index contributed by atoms with van der Waals surface area (Å²) in [4.78, 5) is 31.0. The molecule has 0 atom stereocenters. The van der Waals surface area contributed by atoms with E-state index in [9.17, 15) is 9.59 Å². The van der Waals surface area contributed by atoms with Gasteiger partial charge in [0.2, 0.25) is 5.95 Å². The fourth-order valence-corrected chi connectivity index (χ4v) is 2.60. The molecule has 128 valence electrons. The molecule has 0 aliphatic carbocycles. The number of aromatic amines is 1. The molecular weight excluding hydrogens is 332 g/mol. The van der Waals surface area contributed by atoms with Gasteiger partial charge in [-0.2, -0.15) is 5.10 Å². The highest BCUT2D eigenvalue weighted by Gasteiger charge is 2.12. The molecule has 4 rings (SSSR count). The predicted octanol–water partition coefficient (Wildman–Crippen LogP) is 2.26. The Balaban J connectivity index is 1.49. The first-order valence-electron chi connectivity index (χ1n) is 7.97. The van der Waals surface area contributed by atoms with Gasteiger partial charge >= 0.3 is 5.97 Å². The van der Waals surface area contributed by atoms with E-state index in [1.807, 2.05) is 30.3 Å². The van der Waals surface area contributed by atoms with Crippen molar-refractivity contribution in [1.29, 1.82) is 0 Å². The van der Waals surface area contributed by atoms with E-state index in [0.29, 0.717) is 5.75 Å². The second kappa shape index (κ2) is 6.64. The highest BCUT2D eigenvalue weighted by Crippen LogP contribution is 2.20. The summed E-state index contributed by atoms with van der Waals surface area (Å²) in [7, 11) is 0. The second-order valence-corrected chi connectivity index (χ2v) is 5.67. The molecule has 2 aromatic carbocycles. The van der Waals surface area contributed by atoms with E-state index in [-0.39, 0.29) is 17.9 Å². The maximum absolute atomic E-state index is 12.2. The summed E-state index contributed by atoms with van der Waals surface area (Å²) in [6, 6.07) is 14.9. The average molecular weight is 346 g/mol. The van der Waals surface area contributed by atoms with E-state index in [1.54, 1.807) is 30.6 Å². The molecule has 0 saturated heterocycles. The van der Waals surface area contributed by atoms with Crippen LogP contribution in [0.1, 0.15) is 5.56 Å². The molecule has 0 saturated carbocycles. The zero-order chi connectivity index (χ0) is 17.9. The number of ether oxygens (including phenoxy) is 1. The van der Waals surface area contributed by atoms with Gasteiger partial charge < -0.3 is 4.74 Å². The molecule has 0 bridgehead atoms. The number of hydrogen-bond acceptors (Lipinski definition) is 5. The minimum Gasteiger partial charge on any atom is -0.426 e. The first-order chi connectivity index (χ1) is 12.7. The summed E-state index contributed by atoms with van der Waals surface area (Å²) in [5, 5.41) is 6.02. The molecule has 1 N–H and O–H groups in total. The van der Waals surface area contributed by atoms with Crippen LogP contribution in [0.15, 0.2) is 71.9 Å². The van der Waals surface area contributed by atoms with Crippen molar-refractivity contribution in [2.75, 3.05) is 0 Å². The van der Waals surface area contributed by atoms with Gasteiger partial charge in [0.15, 0.2) is 0 Å². The minimum atomic E-state index is -0.528. The fraction of sp³-hybridized carbons (Fsp3) is 0.0526. The molecule has 7 heteroatoms. The molecule has 0 aliphatic rings. The van der Waals surface area contributed by atoms with Crippen LogP contribution >= 0.6 is 0 Å². The minimum absolute atomic E-state index is 0.172. The SMILES string of the molecule is O=C(Cc1cnc(-n2cccn2)[nH]c1=O)Oc1ccc2ccccc2c1. The van der Waals surface area contributed by atoms with Crippen LogP contribution < -0.4 is 10.3 Å². The Hall–Kier alpha value is -3.74. The van der Waals surface area contributed by atoms with Gasteiger partial charge in [0.25, 0.3) is 5.56 Å². The van der Waals surface area contributed by atoms with Crippen LogP contribution in [0.2, 0.25) is 0 Å². The van der Waals surface area contributed by atoms with Crippen molar-refractivity contribution < 1.29 is 9.53 Å². The number of nitrogens with zero attached hydrogens (tertiary/aromatic N) is 3. The first kappa shape index (κ1) is 15.8. The summed E-state index contributed by atoms with van der Waals surface area (Å²) < 4.78 is 6.78. The third kappa shape index (κ3) is 3.23. The Morgan fingerprint density at radius 3 is 2.73 bits per heavy atom. The van der Waals surface area contributed by atoms with Crippen LogP contribution in [0.3, 0.4) is 0 Å². The lowest BCUT2D eigenvalue weighted by Crippen LogP contribution is -2.22. The monoisotopic (exact) mass is 346 g/mol. The van der Waals surface area contributed by atoms with E-state index in [1.165, 1.54) is 10.9 Å². The molecule has 0 unspecified atom stereocenters. The van der Waals surface area contributed by atoms with Gasteiger partial charge in [-0.05, 0) is 29.0 Å². The Morgan fingerprint density at radius 2 is 1.96 bits per heavy atom. The molecule has 0 fully saturated rings. The van der Waals surface area contributed by atoms with Gasteiger partial charge in [-0.15, -0.1) is 0 Å². The number of carbonyl (C=O) groups excluding carboxylic acids is 1. The largest absolute Gasteiger partial charge is 0.426 e. The standard InChI is InChI=1S/C19H14N4O3/c24-17(26-16-7-6-13-4-1-2-5-14(13)10-16)11-15-12-20-19(22-18(15)25)23-9-3-8-21-23/h1-10,12H,11H2,(H,20,22,25). The quantitative estimate of drug-likeness (QED) is 0.452. The highest BCUT2D eigenvalue weighted by atomic mass is 16.5. The van der Waals surface area contributed by atoms with E-state index in [0.717, 1.165) is 10.8 Å². The second-order valence-electron chi connectivity index (χ2n) is 5.67. The summed E-state index contributed by atoms with van der Waals surface area (Å²) in [6.45, 7) is 0. The third-order valence-corrected chi connectivity index (χ3v) is 3.87. The number of aromatic nitrogens is 4. The first-order valence-corrected chi connectivity index (χ1v) is 7.97. The Kier molecular flexibility index (Phi) is 4.03. The van der Waals surface area contributed by atoms with Crippen molar-refractivity contribution in [2.24, 2.45) is 0 Å². The number of esters is 1. The van der Waals surface area contributed by atoms with Crippen molar-refractivity contribution in [3.05, 3.63) is 83.0 Å². The van der Waals surface area contributed by atoms with Gasteiger partial charge in [0.05, 0.1) is 6.42 Å². The van der Waals surface area contributed by atoms with Crippen LogP contribution in [-0.4, -0.2) is 25.7 Å². The van der Waals surface area contributed by atoms with E-state index in [2.05, 4.69) is 15.1 Å². The molecule has 0 aliphatic heterocycles. The number of rotatable bonds is 4. The molecule has 0 amide bonds. The predicted molar refractivity (Wildman–Crippen MR) is 95.3 cm³/mol. The van der Waals surface area contributed by atoms with Crippen LogP contribution in [0, 0.1) is 0 Å². The van der Waals surface area contributed by atoms with Crippen molar-refractivity contribution >= 4 is 16.7 Å². The maximum Gasteiger partial charge on any atom is 0.315 e. The highest BCUT2D eigenvalue weighted by molar-refractivity contribution is 5.85. The number of hydrogen-bond donors (Lipinski definition) is 1. The number of nitrogens with one attached hydrogen (secondary N) is 1. The van der Waals surface area contributed by atoms with Crippen molar-refractivity contribution in [1.82, 2.24) is 19.7 Å². The fourth-order valence-electron chi connectivity index (χ4n) is 2.60. The van der Waals surface area contributed by atoms with Gasteiger partial charge in [-0.1, -0.05) is 30.3 Å². The molecular formula is C19H14N4O3. The smallest absolute Gasteiger partial charge is 0.315 e. The maximum atomic E-state index is 12.2. The normalized spacial score (nSPS) is 10.8. The molecule has 4 aromatic rings. The Labute approximate surface area is 147 Å². The molecule has 0 radical (unpaired) electrons. The van der Waals surface area contributed by atoms with Crippen molar-refractivity contribution in [2.45, 2.75) is 6.42 Å². The van der Waals surface area contributed by atoms with Crippen molar-refractivity contribution in [3.63, 3.8) is 0 Å². The van der Waals surface area contributed by atoms with Crippen LogP contribution in [0.5, 0.6) is 5.75 Å². The topological polar surface area (TPSA) is 89.9 Å². The summed E-state index contributed by atoms with van der Waals surface area (Å²) >= 11 is 0. The molecule has 26 heavy (non-hydrogen) atoms. The summed E-state index contributed by atoms with van der Waals surface area (Å²) in [5.41, 5.74) is -0.173. The van der Waals surface area contributed by atoms with Gasteiger partial charge in [-0.3, -0.25) is 14.6 Å². The zero-order valence-corrected chi connectivity index (χ0v) is 13.6. The van der Waals surface area contributed by atoms with E-state index < -0.39 is 11.5 Å². The summed E-state index contributed by atoms with van der Waals surface area (Å²) in [6.07, 6.45) is 4.42. The number of carbonyl (C=O) groups is 1. The summed E-state index contributed by atoms with van der Waals surface area (Å²) in [5.74, 6) is 0.192. The third-order valence-electron chi connectivity index (χ3n) is 3.87. The molecule has 2 heterocycles. The molecule has 7 nitrogen and oxygen atoms in total. The molecule has 0 spiro atoms. The average Bonchev–Trinajstić information content (AvgIpc) is 3.18. The van der Waals surface area contributed by atoms with Gasteiger partial charge in [0, 0.05) is 24.2 Å². The molecule has 2 aromatic heterocycles. The lowest BCUT2D eigenvalue weighted by atomic mass is 10.1. The van der Waals surface area contributed by atoms with Crippen LogP contribution in [0.4, 0.5) is 0 Å². The lowest BCUT2D eigenvalue weighted by Gasteiger charge is -2.06. The zero-order valence-electron chi connectivity index (χ0n) is 13.6. The number of H-pyrrole nitrogens is 1. The number of fused-ring (bicyclic) bond motifs is 1. The van der Waals surface area contributed by atoms with Crippen LogP contribution in [-0.2, 0) is 11.2 Å². The Bertz CT molecular complexity index is 1130. The Morgan fingerprint density at radius 1 is 1.12 bits per heavy atom. The van der Waals surface area contributed by atoms with Gasteiger partial charge in [0.1, 0.15) is 5.75 Å². The van der Waals surface area contributed by atoms with Gasteiger partial charge in [-0.25, -0.2) is 9.67 Å². The van der Waals surface area contributed by atoms with Crippen LogP contribution in [0.25, 0.3) is 16.7 Å². The van der Waals surface area contributed by atoms with Crippen molar-refractivity contribution in [3.8, 4) is 11.7 Å².